The third kappa shape index (κ3) is 2.94. The van der Waals surface area contributed by atoms with Gasteiger partial charge in [-0.25, -0.2) is 0 Å². The first-order chi connectivity index (χ1) is 14.9. The first-order valence-electron chi connectivity index (χ1n) is 9.40. The van der Waals surface area contributed by atoms with Gasteiger partial charge in [-0.1, -0.05) is 24.3 Å². The number of rotatable bonds is 3. The normalized spacial score (nSPS) is 16.9. The molecule has 0 saturated heterocycles. The number of nitrogens with zero attached hydrogens (tertiary/aromatic N) is 2. The van der Waals surface area contributed by atoms with Crippen LogP contribution in [0.15, 0.2) is 60.7 Å². The summed E-state index contributed by atoms with van der Waals surface area (Å²) in [7, 11) is 0. The molecule has 9 nitrogen and oxygen atoms in total. The third-order valence-electron chi connectivity index (χ3n) is 5.33. The zero-order valence-corrected chi connectivity index (χ0v) is 15.9. The van der Waals surface area contributed by atoms with Crippen LogP contribution in [0, 0.1) is 10.1 Å². The molecule has 9 heteroatoms. The van der Waals surface area contributed by atoms with E-state index in [1.54, 1.807) is 36.4 Å². The molecule has 0 spiro atoms. The van der Waals surface area contributed by atoms with Crippen molar-refractivity contribution in [2.24, 2.45) is 0 Å². The number of aromatic hydroxyl groups is 1. The van der Waals surface area contributed by atoms with Gasteiger partial charge in [0, 0.05) is 12.1 Å². The summed E-state index contributed by atoms with van der Waals surface area (Å²) in [6.07, 6.45) is 0. The number of carbonyl (C=O) groups excluding carboxylic acids is 2. The molecule has 2 amide bonds. The molecule has 1 atom stereocenters. The molecule has 154 valence electrons. The maximum Gasteiger partial charge on any atom is 0.271 e. The molecule has 3 aromatic carbocycles. The van der Waals surface area contributed by atoms with Crippen LogP contribution in [0.1, 0.15) is 27.5 Å². The molecule has 0 aromatic heterocycles. The lowest BCUT2D eigenvalue weighted by molar-refractivity contribution is -0.384. The Morgan fingerprint density at radius 3 is 2.71 bits per heavy atom. The van der Waals surface area contributed by atoms with Gasteiger partial charge in [-0.15, -0.1) is 0 Å². The van der Waals surface area contributed by atoms with E-state index < -0.39 is 16.9 Å². The summed E-state index contributed by atoms with van der Waals surface area (Å²) >= 11 is 0. The summed E-state index contributed by atoms with van der Waals surface area (Å²) in [6.45, 7) is -0.0786. The Labute approximate surface area is 175 Å². The molecule has 1 unspecified atom stereocenters. The van der Waals surface area contributed by atoms with E-state index in [4.69, 9.17) is 4.74 Å². The van der Waals surface area contributed by atoms with E-state index in [-0.39, 0.29) is 29.5 Å². The minimum atomic E-state index is -0.666. The minimum Gasteiger partial charge on any atom is -0.507 e. The number of phenols is 1. The van der Waals surface area contributed by atoms with Crippen molar-refractivity contribution >= 4 is 28.9 Å². The zero-order valence-electron chi connectivity index (χ0n) is 15.9. The van der Waals surface area contributed by atoms with E-state index >= 15 is 0 Å². The van der Waals surface area contributed by atoms with Crippen LogP contribution < -0.4 is 15.0 Å². The largest absolute Gasteiger partial charge is 0.507 e. The van der Waals surface area contributed by atoms with Crippen molar-refractivity contribution in [3.05, 3.63) is 87.5 Å². The lowest BCUT2D eigenvalue weighted by Gasteiger charge is -2.27. The number of hydrogen-bond acceptors (Lipinski definition) is 6. The highest BCUT2D eigenvalue weighted by atomic mass is 16.6. The number of nitro benzene ring substituents is 1. The Morgan fingerprint density at radius 2 is 1.90 bits per heavy atom. The van der Waals surface area contributed by atoms with Gasteiger partial charge in [0.1, 0.15) is 11.5 Å². The van der Waals surface area contributed by atoms with Crippen molar-refractivity contribution in [1.82, 2.24) is 0 Å². The highest BCUT2D eigenvalue weighted by molar-refractivity contribution is 6.13. The maximum atomic E-state index is 13.3. The van der Waals surface area contributed by atoms with Gasteiger partial charge in [0.25, 0.3) is 17.5 Å². The van der Waals surface area contributed by atoms with Gasteiger partial charge in [-0.3, -0.25) is 24.6 Å². The molecule has 2 aliphatic heterocycles. The maximum absolute atomic E-state index is 13.3. The van der Waals surface area contributed by atoms with Crippen molar-refractivity contribution < 1.29 is 24.4 Å². The SMILES string of the molecule is O=C1COc2ccc(C3c4cccc(O)c4C(=O)N3c3cccc([N+](=O)[O-])c3)cc2N1. The number of amides is 2. The number of carbonyl (C=O) groups is 2. The van der Waals surface area contributed by atoms with E-state index in [9.17, 15) is 24.8 Å². The second-order valence-corrected chi connectivity index (χ2v) is 7.19. The van der Waals surface area contributed by atoms with Crippen LogP contribution in [0.25, 0.3) is 0 Å². The van der Waals surface area contributed by atoms with Gasteiger partial charge in [0.15, 0.2) is 6.61 Å². The average molecular weight is 417 g/mol. The summed E-state index contributed by atoms with van der Waals surface area (Å²) in [5.74, 6) is -0.432. The minimum absolute atomic E-state index is 0.0786. The van der Waals surface area contributed by atoms with Crippen molar-refractivity contribution in [3.63, 3.8) is 0 Å². The number of benzene rings is 3. The molecular weight excluding hydrogens is 402 g/mol. The van der Waals surface area contributed by atoms with Gasteiger partial charge in [0.05, 0.1) is 27.9 Å². The van der Waals surface area contributed by atoms with E-state index in [1.807, 2.05) is 0 Å². The van der Waals surface area contributed by atoms with Gasteiger partial charge < -0.3 is 15.2 Å². The first kappa shape index (κ1) is 18.6. The van der Waals surface area contributed by atoms with Crippen molar-refractivity contribution in [1.29, 1.82) is 0 Å². The average Bonchev–Trinajstić information content (AvgIpc) is 3.06. The van der Waals surface area contributed by atoms with Crippen LogP contribution in [0.5, 0.6) is 11.5 Å². The molecule has 2 N–H and O–H groups in total. The quantitative estimate of drug-likeness (QED) is 0.498. The van der Waals surface area contributed by atoms with Crippen LogP contribution >= 0.6 is 0 Å². The summed E-state index contributed by atoms with van der Waals surface area (Å²) in [5.41, 5.74) is 1.97. The molecule has 0 bridgehead atoms. The molecule has 2 aliphatic rings. The Kier molecular flexibility index (Phi) is 4.11. The van der Waals surface area contributed by atoms with Crippen LogP contribution in [-0.4, -0.2) is 28.5 Å². The summed E-state index contributed by atoms with van der Waals surface area (Å²) in [4.78, 5) is 37.2. The topological polar surface area (TPSA) is 122 Å². The lowest BCUT2D eigenvalue weighted by atomic mass is 9.96. The molecule has 31 heavy (non-hydrogen) atoms. The fraction of sp³-hybridized carbons (Fsp3) is 0.0909. The molecule has 0 saturated carbocycles. The number of non-ortho nitro benzene ring substituents is 1. The summed E-state index contributed by atoms with van der Waals surface area (Å²) in [6, 6.07) is 15.0. The monoisotopic (exact) mass is 417 g/mol. The first-order valence-corrected chi connectivity index (χ1v) is 9.40. The molecular formula is C22H15N3O6. The number of hydrogen-bond donors (Lipinski definition) is 2. The Balaban J connectivity index is 1.69. The predicted molar refractivity (Wildman–Crippen MR) is 110 cm³/mol. The molecule has 5 rings (SSSR count). The van der Waals surface area contributed by atoms with Crippen LogP contribution in [-0.2, 0) is 4.79 Å². The fourth-order valence-corrected chi connectivity index (χ4v) is 4.02. The molecule has 2 heterocycles. The van der Waals surface area contributed by atoms with Crippen LogP contribution in [0.3, 0.4) is 0 Å². The summed E-state index contributed by atoms with van der Waals surface area (Å²) in [5, 5.41) is 24.4. The number of phenolic OH excluding ortho intramolecular Hbond substituents is 1. The van der Waals surface area contributed by atoms with Crippen LogP contribution in [0.4, 0.5) is 17.1 Å². The second-order valence-electron chi connectivity index (χ2n) is 7.19. The van der Waals surface area contributed by atoms with Crippen molar-refractivity contribution in [2.75, 3.05) is 16.8 Å². The van der Waals surface area contributed by atoms with Gasteiger partial charge in [0.2, 0.25) is 0 Å². The number of anilines is 2. The third-order valence-corrected chi connectivity index (χ3v) is 5.33. The fourth-order valence-electron chi connectivity index (χ4n) is 4.02. The van der Waals surface area contributed by atoms with Crippen molar-refractivity contribution in [2.45, 2.75) is 6.04 Å². The summed E-state index contributed by atoms with van der Waals surface area (Å²) < 4.78 is 5.41. The number of nitro groups is 1. The van der Waals surface area contributed by atoms with E-state index in [0.29, 0.717) is 28.3 Å². The Morgan fingerprint density at radius 1 is 1.10 bits per heavy atom. The molecule has 0 radical (unpaired) electrons. The zero-order chi connectivity index (χ0) is 21.7. The second kappa shape index (κ2) is 6.84. The highest BCUT2D eigenvalue weighted by Gasteiger charge is 2.41. The number of nitrogens with one attached hydrogen (secondary N) is 1. The van der Waals surface area contributed by atoms with E-state index in [0.717, 1.165) is 0 Å². The molecule has 0 fully saturated rings. The standard InChI is InChI=1S/C22H15N3O6/c26-17-6-2-5-15-20(17)22(28)24(13-3-1-4-14(10-13)25(29)30)21(15)12-7-8-18-16(9-12)23-19(27)11-31-18/h1-10,21,26H,11H2,(H,23,27). The van der Waals surface area contributed by atoms with E-state index in [1.165, 1.54) is 29.2 Å². The molecule has 0 aliphatic carbocycles. The van der Waals surface area contributed by atoms with Crippen LogP contribution in [0.2, 0.25) is 0 Å². The van der Waals surface area contributed by atoms with E-state index in [2.05, 4.69) is 5.32 Å². The smallest absolute Gasteiger partial charge is 0.271 e. The van der Waals surface area contributed by atoms with Gasteiger partial charge in [-0.2, -0.15) is 0 Å². The highest BCUT2D eigenvalue weighted by Crippen LogP contribution is 2.46. The van der Waals surface area contributed by atoms with Gasteiger partial charge in [-0.05, 0) is 35.4 Å². The Hall–Kier alpha value is -4.40. The number of fused-ring (bicyclic) bond motifs is 2. The lowest BCUT2D eigenvalue weighted by Crippen LogP contribution is -2.29. The molecule has 3 aromatic rings. The van der Waals surface area contributed by atoms with Gasteiger partial charge >= 0.3 is 0 Å². The predicted octanol–water partition coefficient (Wildman–Crippen LogP) is 3.38. The Bertz CT molecular complexity index is 1270. The van der Waals surface area contributed by atoms with Crippen molar-refractivity contribution in [3.8, 4) is 11.5 Å². The number of ether oxygens (including phenoxy) is 1.